The van der Waals surface area contributed by atoms with Crippen LogP contribution in [0.4, 0.5) is 4.39 Å². The number of fused-ring (bicyclic) bond motifs is 1. The maximum absolute atomic E-state index is 13.2. The van der Waals surface area contributed by atoms with E-state index < -0.39 is 17.4 Å². The molecule has 2 aromatic heterocycles. The normalized spacial score (nSPS) is 11.7. The van der Waals surface area contributed by atoms with Gasteiger partial charge in [0.05, 0.1) is 23.5 Å². The van der Waals surface area contributed by atoms with Crippen LogP contribution in [-0.2, 0) is 11.2 Å². The van der Waals surface area contributed by atoms with Crippen LogP contribution in [0.2, 0.25) is 0 Å². The van der Waals surface area contributed by atoms with E-state index >= 15 is 0 Å². The van der Waals surface area contributed by atoms with Gasteiger partial charge in [0.15, 0.2) is 0 Å². The number of H-pyrrole nitrogens is 1. The van der Waals surface area contributed by atoms with Crippen molar-refractivity contribution in [3.05, 3.63) is 69.8 Å². The van der Waals surface area contributed by atoms with Gasteiger partial charge in [-0.25, -0.2) is 14.4 Å². The summed E-state index contributed by atoms with van der Waals surface area (Å²) >= 11 is 0. The fourth-order valence-electron chi connectivity index (χ4n) is 2.50. The largest absolute Gasteiger partial charge is 0.346 e. The lowest BCUT2D eigenvalue weighted by atomic mass is 10.1. The Balaban J connectivity index is 1.74. The summed E-state index contributed by atoms with van der Waals surface area (Å²) in [6, 6.07) is 7.05. The summed E-state index contributed by atoms with van der Waals surface area (Å²) in [5.74, 6) is -0.465. The molecule has 0 unspecified atom stereocenters. The van der Waals surface area contributed by atoms with Crippen molar-refractivity contribution in [1.29, 1.82) is 5.26 Å². The minimum Gasteiger partial charge on any atom is -0.346 e. The molecule has 2 N–H and O–H groups in total. The average Bonchev–Trinajstić information content (AvgIpc) is 2.62. The second-order valence-corrected chi connectivity index (χ2v) is 5.76. The molecule has 1 atom stereocenters. The number of benzene rings is 1. The third-order valence-corrected chi connectivity index (χ3v) is 3.80. The zero-order valence-electron chi connectivity index (χ0n) is 13.8. The first-order chi connectivity index (χ1) is 12.5. The minimum atomic E-state index is -0.483. The Labute approximate surface area is 147 Å². The van der Waals surface area contributed by atoms with Crippen LogP contribution in [-0.4, -0.2) is 20.9 Å². The van der Waals surface area contributed by atoms with Crippen molar-refractivity contribution in [1.82, 2.24) is 20.3 Å². The molecular formula is C18H14FN5O2. The summed E-state index contributed by atoms with van der Waals surface area (Å²) in [5.41, 5.74) is 0.528. The van der Waals surface area contributed by atoms with E-state index in [-0.39, 0.29) is 17.9 Å². The Kier molecular flexibility index (Phi) is 4.71. The molecule has 0 saturated heterocycles. The SMILES string of the molecule is C[C@H](NC(=O)Cc1cc2ccc(F)cc2[nH]c1=O)c1ncc(C#N)cn1. The van der Waals surface area contributed by atoms with Gasteiger partial charge in [-0.05, 0) is 36.6 Å². The predicted molar refractivity (Wildman–Crippen MR) is 91.5 cm³/mol. The van der Waals surface area contributed by atoms with Crippen LogP contribution in [0.5, 0.6) is 0 Å². The van der Waals surface area contributed by atoms with Gasteiger partial charge in [-0.1, -0.05) is 0 Å². The summed E-state index contributed by atoms with van der Waals surface area (Å²) in [6.45, 7) is 1.70. The Bertz CT molecular complexity index is 1070. The van der Waals surface area contributed by atoms with Crippen molar-refractivity contribution < 1.29 is 9.18 Å². The number of nitriles is 1. The molecular weight excluding hydrogens is 337 g/mol. The summed E-state index contributed by atoms with van der Waals surface area (Å²) in [6.07, 6.45) is 2.61. The number of nitrogens with zero attached hydrogens (tertiary/aromatic N) is 3. The first-order valence-corrected chi connectivity index (χ1v) is 7.79. The van der Waals surface area contributed by atoms with E-state index in [4.69, 9.17) is 5.26 Å². The number of carbonyl (C=O) groups excluding carboxylic acids is 1. The van der Waals surface area contributed by atoms with Crippen molar-refractivity contribution in [2.45, 2.75) is 19.4 Å². The van der Waals surface area contributed by atoms with Gasteiger partial charge in [-0.2, -0.15) is 5.26 Å². The smallest absolute Gasteiger partial charge is 0.252 e. The van der Waals surface area contributed by atoms with Gasteiger partial charge in [0.2, 0.25) is 5.91 Å². The average molecular weight is 351 g/mol. The molecule has 130 valence electrons. The van der Waals surface area contributed by atoms with Crippen molar-refractivity contribution in [2.75, 3.05) is 0 Å². The summed E-state index contributed by atoms with van der Waals surface area (Å²) < 4.78 is 13.2. The number of amides is 1. The Morgan fingerprint density at radius 2 is 2.08 bits per heavy atom. The zero-order chi connectivity index (χ0) is 18.7. The summed E-state index contributed by atoms with van der Waals surface area (Å²) in [7, 11) is 0. The lowest BCUT2D eigenvalue weighted by Gasteiger charge is -2.12. The maximum Gasteiger partial charge on any atom is 0.252 e. The molecule has 0 spiro atoms. The number of carbonyl (C=O) groups is 1. The van der Waals surface area contributed by atoms with Crippen LogP contribution in [0.25, 0.3) is 10.9 Å². The fourth-order valence-corrected chi connectivity index (χ4v) is 2.50. The highest BCUT2D eigenvalue weighted by molar-refractivity contribution is 5.82. The van der Waals surface area contributed by atoms with Crippen LogP contribution >= 0.6 is 0 Å². The van der Waals surface area contributed by atoms with Gasteiger partial charge < -0.3 is 10.3 Å². The standard InChI is InChI=1S/C18H14FN5O2/c1-10(17-21-8-11(7-20)9-22-17)23-16(25)5-13-4-12-2-3-14(19)6-15(12)24-18(13)26/h2-4,6,8-10H,5H2,1H3,(H,23,25)(H,24,26)/t10-/m0/s1. The highest BCUT2D eigenvalue weighted by Gasteiger charge is 2.14. The molecule has 1 aromatic carbocycles. The van der Waals surface area contributed by atoms with E-state index in [1.807, 2.05) is 6.07 Å². The van der Waals surface area contributed by atoms with Gasteiger partial charge in [0, 0.05) is 18.0 Å². The second kappa shape index (κ2) is 7.11. The van der Waals surface area contributed by atoms with Gasteiger partial charge in [0.1, 0.15) is 17.7 Å². The second-order valence-electron chi connectivity index (χ2n) is 5.76. The monoisotopic (exact) mass is 351 g/mol. The van der Waals surface area contributed by atoms with E-state index in [1.165, 1.54) is 30.6 Å². The molecule has 0 aliphatic heterocycles. The Morgan fingerprint density at radius 3 is 2.77 bits per heavy atom. The fraction of sp³-hybridized carbons (Fsp3) is 0.167. The molecule has 2 heterocycles. The highest BCUT2D eigenvalue weighted by atomic mass is 19.1. The first-order valence-electron chi connectivity index (χ1n) is 7.79. The van der Waals surface area contributed by atoms with Crippen molar-refractivity contribution in [3.8, 4) is 6.07 Å². The van der Waals surface area contributed by atoms with Crippen LogP contribution in [0.15, 0.2) is 41.5 Å². The lowest BCUT2D eigenvalue weighted by molar-refractivity contribution is -0.121. The molecule has 0 radical (unpaired) electrons. The van der Waals surface area contributed by atoms with Crippen molar-refractivity contribution in [2.24, 2.45) is 0 Å². The Morgan fingerprint density at radius 1 is 1.35 bits per heavy atom. The molecule has 0 aliphatic carbocycles. The van der Waals surface area contributed by atoms with Crippen molar-refractivity contribution in [3.63, 3.8) is 0 Å². The van der Waals surface area contributed by atoms with E-state index in [2.05, 4.69) is 20.3 Å². The highest BCUT2D eigenvalue weighted by Crippen LogP contribution is 2.13. The molecule has 0 bridgehead atoms. The molecule has 1 amide bonds. The predicted octanol–water partition coefficient (Wildman–Crippen LogP) is 1.75. The molecule has 3 aromatic rings. The molecule has 0 aliphatic rings. The van der Waals surface area contributed by atoms with Gasteiger partial charge >= 0.3 is 0 Å². The van der Waals surface area contributed by atoms with Gasteiger partial charge in [0.25, 0.3) is 5.56 Å². The van der Waals surface area contributed by atoms with E-state index in [0.717, 1.165) is 0 Å². The first kappa shape index (κ1) is 17.2. The van der Waals surface area contributed by atoms with E-state index in [0.29, 0.717) is 22.3 Å². The van der Waals surface area contributed by atoms with E-state index in [1.54, 1.807) is 13.0 Å². The molecule has 0 saturated carbocycles. The molecule has 3 rings (SSSR count). The number of pyridine rings is 1. The number of aromatic nitrogens is 3. The maximum atomic E-state index is 13.2. The van der Waals surface area contributed by atoms with Gasteiger partial charge in [-0.3, -0.25) is 9.59 Å². The third kappa shape index (κ3) is 3.72. The molecule has 26 heavy (non-hydrogen) atoms. The number of hydrogen-bond acceptors (Lipinski definition) is 5. The molecule has 0 fully saturated rings. The number of rotatable bonds is 4. The summed E-state index contributed by atoms with van der Waals surface area (Å²) in [4.78, 5) is 34.9. The van der Waals surface area contributed by atoms with Crippen LogP contribution in [0, 0.1) is 17.1 Å². The number of halogens is 1. The molecule has 8 heteroatoms. The number of nitrogens with one attached hydrogen (secondary N) is 2. The van der Waals surface area contributed by atoms with Crippen LogP contribution in [0.3, 0.4) is 0 Å². The van der Waals surface area contributed by atoms with Crippen molar-refractivity contribution >= 4 is 16.8 Å². The number of aromatic amines is 1. The van der Waals surface area contributed by atoms with Crippen LogP contribution in [0.1, 0.15) is 29.9 Å². The molecule has 7 nitrogen and oxygen atoms in total. The lowest BCUT2D eigenvalue weighted by Crippen LogP contribution is -2.31. The van der Waals surface area contributed by atoms with E-state index in [9.17, 15) is 14.0 Å². The zero-order valence-corrected chi connectivity index (χ0v) is 13.8. The quantitative estimate of drug-likeness (QED) is 0.744. The minimum absolute atomic E-state index is 0.136. The number of hydrogen-bond donors (Lipinski definition) is 2. The topological polar surface area (TPSA) is 112 Å². The Hall–Kier alpha value is -3.60. The van der Waals surface area contributed by atoms with Gasteiger partial charge in [-0.15, -0.1) is 0 Å². The third-order valence-electron chi connectivity index (χ3n) is 3.80. The van der Waals surface area contributed by atoms with Crippen LogP contribution < -0.4 is 10.9 Å². The summed E-state index contributed by atoms with van der Waals surface area (Å²) in [5, 5.41) is 12.1.